The summed E-state index contributed by atoms with van der Waals surface area (Å²) in [5, 5.41) is 22.2. The molecule has 0 saturated heterocycles. The van der Waals surface area contributed by atoms with Gasteiger partial charge in [-0.05, 0) is 17.4 Å². The number of hydrogen-bond acceptors (Lipinski definition) is 3. The van der Waals surface area contributed by atoms with Gasteiger partial charge in [-0.25, -0.2) is 4.39 Å². The molecule has 0 saturated carbocycles. The standard InChI is InChI=1S/C7H7FN2O2/c8-7-4-2-1-3-6(7)5-10(12)9-11/h1-4,11H,5H2/p-1/b10-9-. The second-order valence-electron chi connectivity index (χ2n) is 2.18. The van der Waals surface area contributed by atoms with Crippen molar-refractivity contribution in [1.29, 1.82) is 0 Å². The smallest absolute Gasteiger partial charge is 0.208 e. The van der Waals surface area contributed by atoms with E-state index in [1.54, 1.807) is 6.07 Å². The van der Waals surface area contributed by atoms with Crippen LogP contribution in [0.4, 0.5) is 4.39 Å². The lowest BCUT2D eigenvalue weighted by molar-refractivity contribution is -0.542. The molecule has 0 aliphatic heterocycles. The van der Waals surface area contributed by atoms with Crippen LogP contribution < -0.4 is 0 Å². The van der Waals surface area contributed by atoms with Crippen molar-refractivity contribution in [3.05, 3.63) is 46.1 Å². The highest BCUT2D eigenvalue weighted by Gasteiger charge is 2.03. The number of benzene rings is 1. The van der Waals surface area contributed by atoms with Crippen LogP contribution in [0.1, 0.15) is 5.56 Å². The Morgan fingerprint density at radius 2 is 2.08 bits per heavy atom. The number of halogens is 1. The van der Waals surface area contributed by atoms with Crippen LogP contribution in [0.5, 0.6) is 0 Å². The van der Waals surface area contributed by atoms with Crippen molar-refractivity contribution in [1.82, 2.24) is 0 Å². The summed E-state index contributed by atoms with van der Waals surface area (Å²) in [6.07, 6.45) is 0. The van der Waals surface area contributed by atoms with Crippen LogP contribution in [0.25, 0.3) is 0 Å². The molecule has 0 atom stereocenters. The van der Waals surface area contributed by atoms with Gasteiger partial charge < -0.3 is 10.4 Å². The summed E-state index contributed by atoms with van der Waals surface area (Å²) in [5.41, 5.74) is 0.159. The van der Waals surface area contributed by atoms with Crippen LogP contribution in [0.2, 0.25) is 0 Å². The maximum atomic E-state index is 12.8. The zero-order valence-electron chi connectivity index (χ0n) is 6.11. The van der Waals surface area contributed by atoms with E-state index in [1.165, 1.54) is 18.2 Å². The van der Waals surface area contributed by atoms with Gasteiger partial charge in [0.25, 0.3) is 0 Å². The van der Waals surface area contributed by atoms with Gasteiger partial charge >= 0.3 is 0 Å². The molecule has 4 nitrogen and oxygen atoms in total. The maximum Gasteiger partial charge on any atom is 0.208 e. The molecule has 0 bridgehead atoms. The fourth-order valence-corrected chi connectivity index (χ4v) is 0.801. The van der Waals surface area contributed by atoms with Crippen molar-refractivity contribution in [3.63, 3.8) is 0 Å². The summed E-state index contributed by atoms with van der Waals surface area (Å²) in [6.45, 7) is -0.351. The quantitative estimate of drug-likeness (QED) is 0.385. The highest BCUT2D eigenvalue weighted by molar-refractivity contribution is 5.15. The van der Waals surface area contributed by atoms with Gasteiger partial charge in [-0.1, -0.05) is 17.0 Å². The first-order valence-corrected chi connectivity index (χ1v) is 3.25. The van der Waals surface area contributed by atoms with E-state index in [9.17, 15) is 14.8 Å². The van der Waals surface area contributed by atoms with E-state index < -0.39 is 5.82 Å². The Kier molecular flexibility index (Phi) is 2.57. The van der Waals surface area contributed by atoms with Crippen molar-refractivity contribution in [2.45, 2.75) is 6.54 Å². The average Bonchev–Trinajstić information content (AvgIpc) is 2.09. The molecule has 1 rings (SSSR count). The predicted molar refractivity (Wildman–Crippen MR) is 39.5 cm³/mol. The molecule has 0 unspecified atom stereocenters. The first-order chi connectivity index (χ1) is 5.74. The van der Waals surface area contributed by atoms with Crippen molar-refractivity contribution in [3.8, 4) is 0 Å². The van der Waals surface area contributed by atoms with Crippen molar-refractivity contribution >= 4 is 0 Å². The Bertz CT molecular complexity index is 301. The summed E-state index contributed by atoms with van der Waals surface area (Å²) in [5.74, 6) is -0.512. The largest absolute Gasteiger partial charge is 0.739 e. The third kappa shape index (κ3) is 1.91. The maximum absolute atomic E-state index is 12.8. The number of hydrogen-bond donors (Lipinski definition) is 0. The van der Waals surface area contributed by atoms with Crippen LogP contribution in [-0.2, 0) is 6.54 Å². The van der Waals surface area contributed by atoms with Gasteiger partial charge in [0, 0.05) is 0 Å². The summed E-state index contributed by atoms with van der Waals surface area (Å²) in [7, 11) is 0. The molecule has 0 radical (unpaired) electrons. The van der Waals surface area contributed by atoms with Gasteiger partial charge in [0.05, 0.1) is 5.56 Å². The zero-order chi connectivity index (χ0) is 8.97. The predicted octanol–water partition coefficient (Wildman–Crippen LogP) is 1.79. The molecule has 5 heteroatoms. The van der Waals surface area contributed by atoms with Gasteiger partial charge in [0.1, 0.15) is 5.82 Å². The molecular weight excluding hydrogens is 163 g/mol. The Hall–Kier alpha value is -1.65. The van der Waals surface area contributed by atoms with Crippen LogP contribution in [0.3, 0.4) is 0 Å². The third-order valence-corrected chi connectivity index (χ3v) is 1.35. The third-order valence-electron chi connectivity index (χ3n) is 1.35. The molecule has 0 heterocycles. The van der Waals surface area contributed by atoms with Crippen LogP contribution in [0.15, 0.2) is 29.5 Å². The SMILES string of the molecule is [O-]/N=[N+](\[O-])Cc1ccccc1F. The Labute approximate surface area is 68.1 Å². The zero-order valence-corrected chi connectivity index (χ0v) is 6.11. The number of rotatable bonds is 2. The monoisotopic (exact) mass is 169 g/mol. The van der Waals surface area contributed by atoms with Crippen LogP contribution in [0, 0.1) is 16.2 Å². The lowest BCUT2D eigenvalue weighted by Crippen LogP contribution is -2.01. The Balaban J connectivity index is 2.82. The second kappa shape index (κ2) is 3.66. The van der Waals surface area contributed by atoms with E-state index in [1.807, 2.05) is 0 Å². The summed E-state index contributed by atoms with van der Waals surface area (Å²) in [6, 6.07) is 5.72. The molecule has 0 fully saturated rings. The molecule has 12 heavy (non-hydrogen) atoms. The molecule has 0 aromatic heterocycles. The molecular formula is C7H6FN2O2-. The van der Waals surface area contributed by atoms with Gasteiger partial charge in [0.15, 0.2) is 0 Å². The van der Waals surface area contributed by atoms with Gasteiger partial charge in [-0.2, -0.15) is 0 Å². The fourth-order valence-electron chi connectivity index (χ4n) is 0.801. The normalized spacial score (nSPS) is 11.6. The minimum atomic E-state index is -0.512. The Morgan fingerprint density at radius 1 is 1.42 bits per heavy atom. The summed E-state index contributed by atoms with van der Waals surface area (Å²) < 4.78 is 12.8. The molecule has 64 valence electrons. The fraction of sp³-hybridized carbons (Fsp3) is 0.143. The van der Waals surface area contributed by atoms with Gasteiger partial charge in [0.2, 0.25) is 6.54 Å². The van der Waals surface area contributed by atoms with Crippen molar-refractivity contribution in [2.24, 2.45) is 5.28 Å². The Morgan fingerprint density at radius 3 is 2.67 bits per heavy atom. The van der Waals surface area contributed by atoms with Crippen molar-refractivity contribution in [2.75, 3.05) is 0 Å². The minimum absolute atomic E-state index is 0.113. The topological polar surface area (TPSA) is 61.5 Å². The molecule has 1 aromatic rings. The van der Waals surface area contributed by atoms with Crippen LogP contribution >= 0.6 is 0 Å². The van der Waals surface area contributed by atoms with Gasteiger partial charge in [-0.3, -0.25) is 0 Å². The highest BCUT2D eigenvalue weighted by Crippen LogP contribution is 2.06. The second-order valence-corrected chi connectivity index (χ2v) is 2.18. The summed E-state index contributed by atoms with van der Waals surface area (Å²) in [4.78, 5) is -0.113. The first-order valence-electron chi connectivity index (χ1n) is 3.25. The van der Waals surface area contributed by atoms with E-state index >= 15 is 0 Å². The lowest BCUT2D eigenvalue weighted by atomic mass is 10.2. The van der Waals surface area contributed by atoms with Crippen LogP contribution in [-0.4, -0.2) is 4.86 Å². The molecule has 0 aliphatic carbocycles. The van der Waals surface area contributed by atoms with E-state index in [4.69, 9.17) is 0 Å². The molecule has 0 spiro atoms. The van der Waals surface area contributed by atoms with Crippen molar-refractivity contribution < 1.29 is 9.25 Å². The average molecular weight is 169 g/mol. The number of hydroxylamine groups is 1. The first kappa shape index (κ1) is 8.45. The van der Waals surface area contributed by atoms with E-state index in [0.717, 1.165) is 0 Å². The summed E-state index contributed by atoms with van der Waals surface area (Å²) >= 11 is 0. The number of nitrogens with zero attached hydrogens (tertiary/aromatic N) is 2. The molecule has 1 aromatic carbocycles. The van der Waals surface area contributed by atoms with E-state index in [-0.39, 0.29) is 17.0 Å². The highest BCUT2D eigenvalue weighted by atomic mass is 19.1. The van der Waals surface area contributed by atoms with E-state index in [0.29, 0.717) is 0 Å². The molecule has 0 aliphatic rings. The molecule has 0 N–H and O–H groups in total. The van der Waals surface area contributed by atoms with Gasteiger partial charge in [-0.15, -0.1) is 0 Å². The minimum Gasteiger partial charge on any atom is -0.739 e. The van der Waals surface area contributed by atoms with E-state index in [2.05, 4.69) is 5.28 Å². The lowest BCUT2D eigenvalue weighted by Gasteiger charge is -2.02. The molecule has 0 amide bonds.